The Labute approximate surface area is 107 Å². The second-order valence-corrected chi connectivity index (χ2v) is 5.83. The molecule has 4 heteroatoms. The third-order valence-electron chi connectivity index (χ3n) is 3.64. The number of nitrogens with two attached hydrogens (primary N) is 1. The molecule has 0 bridgehead atoms. The average Bonchev–Trinajstić information content (AvgIpc) is 2.96. The van der Waals surface area contributed by atoms with Crippen LogP contribution in [0.1, 0.15) is 54.6 Å². The second-order valence-electron chi connectivity index (χ2n) is 4.75. The van der Waals surface area contributed by atoms with E-state index in [9.17, 15) is 0 Å². The first-order valence-electron chi connectivity index (χ1n) is 6.50. The third-order valence-corrected chi connectivity index (χ3v) is 4.95. The normalized spacial score (nSPS) is 18.8. The molecule has 2 rings (SSSR count). The van der Waals surface area contributed by atoms with Gasteiger partial charge in [-0.05, 0) is 19.3 Å². The fraction of sp³-hybridized carbons (Fsp3) is 0.769. The number of thiazole rings is 1. The van der Waals surface area contributed by atoms with Crippen molar-refractivity contribution in [2.75, 3.05) is 7.11 Å². The lowest BCUT2D eigenvalue weighted by Gasteiger charge is -2.24. The Bertz CT molecular complexity index is 369. The fourth-order valence-electron chi connectivity index (χ4n) is 2.62. The molecular weight excluding hydrogens is 232 g/mol. The molecular formula is C13H22N2OS. The quantitative estimate of drug-likeness (QED) is 0.878. The van der Waals surface area contributed by atoms with Crippen LogP contribution in [-0.2, 0) is 23.3 Å². The molecule has 1 heterocycles. The van der Waals surface area contributed by atoms with Gasteiger partial charge in [0.15, 0.2) is 0 Å². The Balaban J connectivity index is 2.31. The van der Waals surface area contributed by atoms with Gasteiger partial charge in [-0.25, -0.2) is 4.98 Å². The highest BCUT2D eigenvalue weighted by Crippen LogP contribution is 2.43. The SMILES string of the molecule is CCCc1nc(C2(OC)CCCC2)sc1CN. The summed E-state index contributed by atoms with van der Waals surface area (Å²) in [6.07, 6.45) is 6.85. The first-order valence-corrected chi connectivity index (χ1v) is 7.31. The van der Waals surface area contributed by atoms with E-state index in [1.807, 2.05) is 7.11 Å². The highest BCUT2D eigenvalue weighted by molar-refractivity contribution is 7.11. The van der Waals surface area contributed by atoms with E-state index in [4.69, 9.17) is 15.5 Å². The minimum absolute atomic E-state index is 0.111. The zero-order valence-corrected chi connectivity index (χ0v) is 11.6. The summed E-state index contributed by atoms with van der Waals surface area (Å²) in [4.78, 5) is 6.05. The van der Waals surface area contributed by atoms with Crippen molar-refractivity contribution >= 4 is 11.3 Å². The molecule has 1 aromatic heterocycles. The number of ether oxygens (including phenoxy) is 1. The van der Waals surface area contributed by atoms with Crippen LogP contribution in [0.4, 0.5) is 0 Å². The maximum atomic E-state index is 5.81. The van der Waals surface area contributed by atoms with Crippen LogP contribution in [0, 0.1) is 0 Å². The summed E-state index contributed by atoms with van der Waals surface area (Å²) in [5, 5.41) is 1.15. The average molecular weight is 254 g/mol. The number of hydrogen-bond donors (Lipinski definition) is 1. The van der Waals surface area contributed by atoms with Gasteiger partial charge in [0, 0.05) is 18.5 Å². The lowest BCUT2D eigenvalue weighted by Crippen LogP contribution is -2.24. The van der Waals surface area contributed by atoms with Gasteiger partial charge in [0.25, 0.3) is 0 Å². The summed E-state index contributed by atoms with van der Waals surface area (Å²) in [5.41, 5.74) is 6.89. The summed E-state index contributed by atoms with van der Waals surface area (Å²) in [6, 6.07) is 0. The maximum absolute atomic E-state index is 5.81. The van der Waals surface area contributed by atoms with Gasteiger partial charge >= 0.3 is 0 Å². The van der Waals surface area contributed by atoms with Gasteiger partial charge < -0.3 is 10.5 Å². The predicted octanol–water partition coefficient (Wildman–Crippen LogP) is 2.97. The van der Waals surface area contributed by atoms with Gasteiger partial charge in [-0.2, -0.15) is 0 Å². The standard InChI is InChI=1S/C13H22N2OS/c1-3-6-10-11(9-14)17-12(15-10)13(16-2)7-4-5-8-13/h3-9,14H2,1-2H3. The first-order chi connectivity index (χ1) is 8.25. The van der Waals surface area contributed by atoms with Gasteiger partial charge in [0.2, 0.25) is 0 Å². The maximum Gasteiger partial charge on any atom is 0.125 e. The van der Waals surface area contributed by atoms with E-state index in [2.05, 4.69) is 6.92 Å². The van der Waals surface area contributed by atoms with E-state index in [0.29, 0.717) is 6.54 Å². The van der Waals surface area contributed by atoms with Crippen molar-refractivity contribution in [1.82, 2.24) is 4.98 Å². The molecule has 1 saturated carbocycles. The molecule has 1 aromatic rings. The molecule has 0 unspecified atom stereocenters. The molecule has 2 N–H and O–H groups in total. The lowest BCUT2D eigenvalue weighted by atomic mass is 10.0. The van der Waals surface area contributed by atoms with Crippen LogP contribution in [0.2, 0.25) is 0 Å². The van der Waals surface area contributed by atoms with Crippen LogP contribution < -0.4 is 5.73 Å². The molecule has 0 spiro atoms. The van der Waals surface area contributed by atoms with Crippen LogP contribution in [0.15, 0.2) is 0 Å². The Morgan fingerprint density at radius 1 is 1.41 bits per heavy atom. The molecule has 3 nitrogen and oxygen atoms in total. The van der Waals surface area contributed by atoms with Crippen LogP contribution >= 0.6 is 11.3 Å². The molecule has 0 radical (unpaired) electrons. The highest BCUT2D eigenvalue weighted by Gasteiger charge is 2.38. The highest BCUT2D eigenvalue weighted by atomic mass is 32.1. The van der Waals surface area contributed by atoms with Crippen LogP contribution in [0.5, 0.6) is 0 Å². The van der Waals surface area contributed by atoms with Gasteiger partial charge in [-0.3, -0.25) is 0 Å². The van der Waals surface area contributed by atoms with Crippen molar-refractivity contribution in [2.45, 2.75) is 57.6 Å². The minimum Gasteiger partial charge on any atom is -0.371 e. The third kappa shape index (κ3) is 2.39. The van der Waals surface area contributed by atoms with Crippen molar-refractivity contribution in [3.63, 3.8) is 0 Å². The Morgan fingerprint density at radius 2 is 2.12 bits per heavy atom. The molecule has 1 aliphatic carbocycles. The van der Waals surface area contributed by atoms with Crippen molar-refractivity contribution in [1.29, 1.82) is 0 Å². The molecule has 0 aromatic carbocycles. The van der Waals surface area contributed by atoms with Crippen molar-refractivity contribution < 1.29 is 4.74 Å². The van der Waals surface area contributed by atoms with Crippen LogP contribution in [0.3, 0.4) is 0 Å². The number of aromatic nitrogens is 1. The van der Waals surface area contributed by atoms with Crippen LogP contribution in [0.25, 0.3) is 0 Å². The number of methoxy groups -OCH3 is 1. The second kappa shape index (κ2) is 5.46. The zero-order valence-electron chi connectivity index (χ0n) is 10.8. The van der Waals surface area contributed by atoms with E-state index in [0.717, 1.165) is 30.7 Å². The minimum atomic E-state index is -0.111. The Kier molecular flexibility index (Phi) is 4.17. The molecule has 0 atom stereocenters. The zero-order chi connectivity index (χ0) is 12.3. The van der Waals surface area contributed by atoms with Crippen molar-refractivity contribution in [3.8, 4) is 0 Å². The summed E-state index contributed by atoms with van der Waals surface area (Å²) in [5.74, 6) is 0. The largest absolute Gasteiger partial charge is 0.371 e. The Morgan fingerprint density at radius 3 is 2.65 bits per heavy atom. The summed E-state index contributed by atoms with van der Waals surface area (Å²) < 4.78 is 5.78. The number of hydrogen-bond acceptors (Lipinski definition) is 4. The van der Waals surface area contributed by atoms with Crippen molar-refractivity contribution in [3.05, 3.63) is 15.6 Å². The summed E-state index contributed by atoms with van der Waals surface area (Å²) in [7, 11) is 1.81. The van der Waals surface area contributed by atoms with E-state index in [1.54, 1.807) is 11.3 Å². The molecule has 0 aliphatic heterocycles. The molecule has 1 fully saturated rings. The van der Waals surface area contributed by atoms with Gasteiger partial charge in [-0.15, -0.1) is 11.3 Å². The van der Waals surface area contributed by atoms with Gasteiger partial charge in [0.05, 0.1) is 5.69 Å². The number of nitrogens with zero attached hydrogens (tertiary/aromatic N) is 1. The van der Waals surface area contributed by atoms with Gasteiger partial charge in [-0.1, -0.05) is 26.2 Å². The Hall–Kier alpha value is -0.450. The van der Waals surface area contributed by atoms with E-state index in [-0.39, 0.29) is 5.60 Å². The number of rotatable bonds is 5. The molecule has 96 valence electrons. The molecule has 1 aliphatic rings. The van der Waals surface area contributed by atoms with Crippen LogP contribution in [-0.4, -0.2) is 12.1 Å². The smallest absolute Gasteiger partial charge is 0.125 e. The van der Waals surface area contributed by atoms with Gasteiger partial charge in [0.1, 0.15) is 10.6 Å². The fourth-order valence-corrected chi connectivity index (χ4v) is 3.83. The monoisotopic (exact) mass is 254 g/mol. The predicted molar refractivity (Wildman–Crippen MR) is 71.2 cm³/mol. The first kappa shape index (κ1) is 13.0. The molecule has 0 saturated heterocycles. The number of aryl methyl sites for hydroxylation is 1. The lowest BCUT2D eigenvalue weighted by molar-refractivity contribution is -0.00896. The van der Waals surface area contributed by atoms with E-state index >= 15 is 0 Å². The summed E-state index contributed by atoms with van der Waals surface area (Å²) in [6.45, 7) is 2.79. The van der Waals surface area contributed by atoms with Crippen molar-refractivity contribution in [2.24, 2.45) is 5.73 Å². The summed E-state index contributed by atoms with van der Waals surface area (Å²) >= 11 is 1.76. The van der Waals surface area contributed by atoms with E-state index < -0.39 is 0 Å². The van der Waals surface area contributed by atoms with E-state index in [1.165, 1.54) is 23.4 Å². The molecule has 17 heavy (non-hydrogen) atoms. The topological polar surface area (TPSA) is 48.1 Å². The molecule has 0 amide bonds.